The highest BCUT2D eigenvalue weighted by molar-refractivity contribution is 4.85. The quantitative estimate of drug-likeness (QED) is 0.704. The lowest BCUT2D eigenvalue weighted by Gasteiger charge is -2.27. The lowest BCUT2D eigenvalue weighted by atomic mass is 9.80. The lowest BCUT2D eigenvalue weighted by molar-refractivity contribution is 0.251. The van der Waals surface area contributed by atoms with Gasteiger partial charge in [0, 0.05) is 12.1 Å². The van der Waals surface area contributed by atoms with Crippen LogP contribution in [-0.2, 0) is 0 Å². The Morgan fingerprint density at radius 2 is 1.00 bits per heavy atom. The molecule has 0 radical (unpaired) electrons. The standard InChI is InChI=1S/C16H32N2/c1-11-3-5-13(9-15(17)7-11)14-6-4-12(2)8-16(18)10-14/h11-16H,3-10,17-18H2,1-2H3. The normalized spacial score (nSPS) is 47.3. The summed E-state index contributed by atoms with van der Waals surface area (Å²) in [6.45, 7) is 4.73. The molecule has 2 aliphatic rings. The van der Waals surface area contributed by atoms with Gasteiger partial charge in [-0.25, -0.2) is 0 Å². The van der Waals surface area contributed by atoms with Gasteiger partial charge in [-0.15, -0.1) is 0 Å². The molecule has 0 aromatic carbocycles. The molecule has 6 unspecified atom stereocenters. The molecule has 106 valence electrons. The molecular formula is C16H32N2. The topological polar surface area (TPSA) is 52.0 Å². The first-order valence-corrected chi connectivity index (χ1v) is 8.05. The van der Waals surface area contributed by atoms with E-state index >= 15 is 0 Å². The average molecular weight is 252 g/mol. The lowest BCUT2D eigenvalue weighted by Crippen LogP contribution is -2.29. The Morgan fingerprint density at radius 1 is 0.611 bits per heavy atom. The van der Waals surface area contributed by atoms with Gasteiger partial charge in [-0.1, -0.05) is 26.7 Å². The molecule has 2 rings (SSSR count). The van der Waals surface area contributed by atoms with E-state index < -0.39 is 0 Å². The van der Waals surface area contributed by atoms with E-state index in [-0.39, 0.29) is 0 Å². The molecule has 2 nitrogen and oxygen atoms in total. The zero-order chi connectivity index (χ0) is 13.1. The zero-order valence-corrected chi connectivity index (χ0v) is 12.3. The third kappa shape index (κ3) is 3.96. The SMILES string of the molecule is CC1CCC(C2CCC(C)CC(N)C2)CC(N)C1. The molecule has 0 heterocycles. The third-order valence-corrected chi connectivity index (χ3v) is 5.35. The van der Waals surface area contributed by atoms with Crippen LogP contribution in [-0.4, -0.2) is 12.1 Å². The second-order valence-corrected chi connectivity index (χ2v) is 7.35. The third-order valence-electron chi connectivity index (χ3n) is 5.35. The van der Waals surface area contributed by atoms with Gasteiger partial charge in [0.15, 0.2) is 0 Å². The number of nitrogens with two attached hydrogens (primary N) is 2. The van der Waals surface area contributed by atoms with E-state index in [1.807, 2.05) is 0 Å². The van der Waals surface area contributed by atoms with Crippen LogP contribution in [0, 0.1) is 23.7 Å². The molecule has 2 heteroatoms. The Bertz CT molecular complexity index is 227. The van der Waals surface area contributed by atoms with Gasteiger partial charge in [0.1, 0.15) is 0 Å². The van der Waals surface area contributed by atoms with Crippen LogP contribution in [0.1, 0.15) is 65.2 Å². The first-order chi connectivity index (χ1) is 8.54. The molecule has 0 saturated heterocycles. The maximum absolute atomic E-state index is 6.29. The van der Waals surface area contributed by atoms with Crippen LogP contribution in [0.25, 0.3) is 0 Å². The van der Waals surface area contributed by atoms with E-state index in [1.165, 1.54) is 51.4 Å². The van der Waals surface area contributed by atoms with E-state index in [4.69, 9.17) is 11.5 Å². The van der Waals surface area contributed by atoms with Crippen LogP contribution >= 0.6 is 0 Å². The van der Waals surface area contributed by atoms with Crippen LogP contribution < -0.4 is 11.5 Å². The Balaban J connectivity index is 1.96. The molecule has 2 fully saturated rings. The summed E-state index contributed by atoms with van der Waals surface area (Å²) in [5, 5.41) is 0. The molecule has 0 spiro atoms. The minimum absolute atomic E-state index is 0.435. The molecule has 0 aromatic rings. The van der Waals surface area contributed by atoms with Gasteiger partial charge in [-0.3, -0.25) is 0 Å². The predicted molar refractivity (Wildman–Crippen MR) is 78.2 cm³/mol. The summed E-state index contributed by atoms with van der Waals surface area (Å²) in [6.07, 6.45) is 10.5. The molecule has 18 heavy (non-hydrogen) atoms. The summed E-state index contributed by atoms with van der Waals surface area (Å²) in [5.74, 6) is 3.34. The molecule has 4 N–H and O–H groups in total. The van der Waals surface area contributed by atoms with Crippen molar-refractivity contribution in [3.05, 3.63) is 0 Å². The fourth-order valence-electron chi connectivity index (χ4n) is 4.33. The molecule has 6 atom stereocenters. The van der Waals surface area contributed by atoms with Crippen LogP contribution in [0.3, 0.4) is 0 Å². The van der Waals surface area contributed by atoms with Gasteiger partial charge < -0.3 is 11.5 Å². The van der Waals surface area contributed by atoms with Crippen molar-refractivity contribution in [2.75, 3.05) is 0 Å². The minimum Gasteiger partial charge on any atom is -0.328 e. The highest BCUT2D eigenvalue weighted by Gasteiger charge is 2.31. The van der Waals surface area contributed by atoms with Gasteiger partial charge in [0.25, 0.3) is 0 Å². The van der Waals surface area contributed by atoms with Crippen molar-refractivity contribution in [2.45, 2.75) is 77.3 Å². The Hall–Kier alpha value is -0.0800. The first-order valence-electron chi connectivity index (χ1n) is 8.05. The summed E-state index contributed by atoms with van der Waals surface area (Å²) in [4.78, 5) is 0. The molecular weight excluding hydrogens is 220 g/mol. The van der Waals surface area contributed by atoms with Gasteiger partial charge >= 0.3 is 0 Å². The van der Waals surface area contributed by atoms with Crippen LogP contribution in [0.2, 0.25) is 0 Å². The van der Waals surface area contributed by atoms with Gasteiger partial charge in [0.05, 0.1) is 0 Å². The fraction of sp³-hybridized carbons (Fsp3) is 1.00. The van der Waals surface area contributed by atoms with Gasteiger partial charge in [-0.05, 0) is 62.2 Å². The summed E-state index contributed by atoms with van der Waals surface area (Å²) < 4.78 is 0. The average Bonchev–Trinajstić information content (AvgIpc) is 2.54. The van der Waals surface area contributed by atoms with E-state index in [9.17, 15) is 0 Å². The van der Waals surface area contributed by atoms with Gasteiger partial charge in [0.2, 0.25) is 0 Å². The summed E-state index contributed by atoms with van der Waals surface area (Å²) in [7, 11) is 0. The molecule has 2 aliphatic carbocycles. The fourth-order valence-corrected chi connectivity index (χ4v) is 4.33. The molecule has 2 saturated carbocycles. The molecule has 0 amide bonds. The summed E-state index contributed by atoms with van der Waals surface area (Å²) in [5.41, 5.74) is 12.6. The second kappa shape index (κ2) is 6.38. The monoisotopic (exact) mass is 252 g/mol. The van der Waals surface area contributed by atoms with Crippen molar-refractivity contribution >= 4 is 0 Å². The zero-order valence-electron chi connectivity index (χ0n) is 12.3. The molecule has 0 bridgehead atoms. The molecule has 0 aliphatic heterocycles. The second-order valence-electron chi connectivity index (χ2n) is 7.35. The van der Waals surface area contributed by atoms with Gasteiger partial charge in [-0.2, -0.15) is 0 Å². The van der Waals surface area contributed by atoms with E-state index in [1.54, 1.807) is 0 Å². The Morgan fingerprint density at radius 3 is 1.39 bits per heavy atom. The maximum atomic E-state index is 6.29. The summed E-state index contributed by atoms with van der Waals surface area (Å²) >= 11 is 0. The minimum atomic E-state index is 0.435. The summed E-state index contributed by atoms with van der Waals surface area (Å²) in [6, 6.07) is 0.869. The number of hydrogen-bond donors (Lipinski definition) is 2. The van der Waals surface area contributed by atoms with Crippen molar-refractivity contribution in [1.82, 2.24) is 0 Å². The predicted octanol–water partition coefficient (Wildman–Crippen LogP) is 3.29. The largest absolute Gasteiger partial charge is 0.328 e. The maximum Gasteiger partial charge on any atom is 0.00441 e. The number of rotatable bonds is 1. The van der Waals surface area contributed by atoms with Crippen LogP contribution in [0.15, 0.2) is 0 Å². The van der Waals surface area contributed by atoms with Crippen molar-refractivity contribution in [1.29, 1.82) is 0 Å². The van der Waals surface area contributed by atoms with E-state index in [0.717, 1.165) is 23.7 Å². The van der Waals surface area contributed by atoms with E-state index in [0.29, 0.717) is 12.1 Å². The van der Waals surface area contributed by atoms with Crippen molar-refractivity contribution in [3.63, 3.8) is 0 Å². The Labute approximate surface area is 113 Å². The smallest absolute Gasteiger partial charge is 0.00441 e. The highest BCUT2D eigenvalue weighted by Crippen LogP contribution is 2.38. The highest BCUT2D eigenvalue weighted by atomic mass is 14.7. The molecule has 0 aromatic heterocycles. The van der Waals surface area contributed by atoms with E-state index in [2.05, 4.69) is 13.8 Å². The van der Waals surface area contributed by atoms with Crippen molar-refractivity contribution in [2.24, 2.45) is 35.1 Å². The van der Waals surface area contributed by atoms with Crippen LogP contribution in [0.5, 0.6) is 0 Å². The van der Waals surface area contributed by atoms with Crippen LogP contribution in [0.4, 0.5) is 0 Å². The number of hydrogen-bond acceptors (Lipinski definition) is 2. The first kappa shape index (κ1) is 14.3. The van der Waals surface area contributed by atoms with Crippen molar-refractivity contribution in [3.8, 4) is 0 Å². The van der Waals surface area contributed by atoms with Crippen molar-refractivity contribution < 1.29 is 0 Å². The Kier molecular flexibility index (Phi) is 5.08.